The number of aliphatic hydroxyl groups is 1. The van der Waals surface area contributed by atoms with Gasteiger partial charge in [0.2, 0.25) is 10.0 Å². The minimum absolute atomic E-state index is 0.0634. The number of carboxylic acids is 1. The molecule has 0 aromatic carbocycles. The molecule has 0 heterocycles. The van der Waals surface area contributed by atoms with Crippen LogP contribution in [0.3, 0.4) is 0 Å². The number of nitrogens with zero attached hydrogens (tertiary/aromatic N) is 2. The van der Waals surface area contributed by atoms with Crippen LogP contribution in [0, 0.1) is 11.3 Å². The second-order valence-electron chi connectivity index (χ2n) is 6.40. The summed E-state index contributed by atoms with van der Waals surface area (Å²) in [5.41, 5.74) is -0.883. The first-order valence-corrected chi connectivity index (χ1v) is 9.08. The van der Waals surface area contributed by atoms with Crippen LogP contribution in [0.15, 0.2) is 17.4 Å². The Morgan fingerprint density at radius 1 is 1.54 bits per heavy atom. The van der Waals surface area contributed by atoms with E-state index in [4.69, 9.17) is 9.84 Å². The number of carboxylic acid groups (broad SMARTS) is 1. The lowest BCUT2D eigenvalue weighted by Gasteiger charge is -2.33. The van der Waals surface area contributed by atoms with Crippen molar-refractivity contribution >= 4 is 22.3 Å². The zero-order valence-corrected chi connectivity index (χ0v) is 14.5. The summed E-state index contributed by atoms with van der Waals surface area (Å²) in [7, 11) is -2.09. The second-order valence-corrected chi connectivity index (χ2v) is 8.29. The van der Waals surface area contributed by atoms with E-state index in [0.29, 0.717) is 12.8 Å². The molecule has 3 rings (SSSR count). The number of nitrogens with one attached hydrogen (secondary N) is 1. The fourth-order valence-electron chi connectivity index (χ4n) is 3.30. The molecule has 3 fully saturated rings. The molecular formula is C14H23N3O6S. The number of sulfonamides is 1. The van der Waals surface area contributed by atoms with E-state index in [0.717, 1.165) is 0 Å². The third-order valence-corrected chi connectivity index (χ3v) is 6.69. The minimum atomic E-state index is -3.73. The van der Waals surface area contributed by atoms with Gasteiger partial charge in [-0.2, -0.15) is 0 Å². The first kappa shape index (κ1) is 18.7. The van der Waals surface area contributed by atoms with Gasteiger partial charge in [-0.05, 0) is 32.1 Å². The summed E-state index contributed by atoms with van der Waals surface area (Å²) >= 11 is 0. The van der Waals surface area contributed by atoms with Crippen LogP contribution in [0.25, 0.3) is 0 Å². The van der Waals surface area contributed by atoms with E-state index >= 15 is 0 Å². The average Bonchev–Trinajstić information content (AvgIpc) is 3.01. The molecule has 2 atom stereocenters. The highest BCUT2D eigenvalue weighted by Crippen LogP contribution is 2.60. The zero-order valence-electron chi connectivity index (χ0n) is 13.7. The van der Waals surface area contributed by atoms with Crippen LogP contribution in [-0.2, 0) is 19.6 Å². The van der Waals surface area contributed by atoms with Gasteiger partial charge >= 0.3 is 5.97 Å². The maximum absolute atomic E-state index is 12.4. The van der Waals surface area contributed by atoms with Crippen molar-refractivity contribution in [3.63, 3.8) is 0 Å². The first-order valence-electron chi connectivity index (χ1n) is 7.54. The van der Waals surface area contributed by atoms with Gasteiger partial charge in [-0.1, -0.05) is 6.58 Å². The Hall–Kier alpha value is -1.65. The average molecular weight is 361 g/mol. The Morgan fingerprint density at radius 2 is 2.17 bits per heavy atom. The third kappa shape index (κ3) is 3.55. The topological polar surface area (TPSA) is 129 Å². The predicted molar refractivity (Wildman–Crippen MR) is 86.3 cm³/mol. The molecule has 9 nitrogen and oxygen atoms in total. The van der Waals surface area contributed by atoms with Crippen LogP contribution in [0.1, 0.15) is 26.2 Å². The van der Waals surface area contributed by atoms with Crippen molar-refractivity contribution in [2.24, 2.45) is 16.3 Å². The van der Waals surface area contributed by atoms with E-state index in [-0.39, 0.29) is 18.2 Å². The Kier molecular flexibility index (Phi) is 5.21. The molecule has 0 saturated heterocycles. The number of aliphatic imine (C=N–C) groups is 1. The summed E-state index contributed by atoms with van der Waals surface area (Å²) in [5.74, 6) is -1.12. The second kappa shape index (κ2) is 6.69. The molecule has 0 aliphatic heterocycles. The maximum atomic E-state index is 12.4. The number of hydrogen-bond donors (Lipinski definition) is 3. The standard InChI is InChI=1S/C14H23N3O6S/c1-9(15-7-17(3)10(2)23-8-18)16-24(21,22)12-6-14(13(19)20)4-11(12)5-14/h7,10-12,16,18H,1,4-6,8H2,2-3H3,(H,19,20)/b15-7-/t10?,11?,12-,14?/m1/s1. The van der Waals surface area contributed by atoms with Crippen LogP contribution in [0.4, 0.5) is 0 Å². The summed E-state index contributed by atoms with van der Waals surface area (Å²) in [6.07, 6.45) is 1.82. The molecule has 24 heavy (non-hydrogen) atoms. The third-order valence-electron chi connectivity index (χ3n) is 4.82. The van der Waals surface area contributed by atoms with Crippen LogP contribution in [0.2, 0.25) is 0 Å². The Morgan fingerprint density at radius 3 is 2.67 bits per heavy atom. The summed E-state index contributed by atoms with van der Waals surface area (Å²) in [4.78, 5) is 16.7. The molecule has 0 aromatic heterocycles. The predicted octanol–water partition coefficient (Wildman–Crippen LogP) is -0.0972. The van der Waals surface area contributed by atoms with Crippen molar-refractivity contribution < 1.29 is 28.2 Å². The molecule has 0 spiro atoms. The molecule has 3 aliphatic rings. The smallest absolute Gasteiger partial charge is 0.309 e. The lowest BCUT2D eigenvalue weighted by Crippen LogP contribution is -2.38. The van der Waals surface area contributed by atoms with Crippen molar-refractivity contribution in [3.8, 4) is 0 Å². The molecular weight excluding hydrogens is 338 g/mol. The van der Waals surface area contributed by atoms with E-state index in [1.54, 1.807) is 14.0 Å². The lowest BCUT2D eigenvalue weighted by atomic mass is 9.70. The largest absolute Gasteiger partial charge is 0.481 e. The van der Waals surface area contributed by atoms with Gasteiger partial charge in [-0.3, -0.25) is 9.52 Å². The molecule has 2 bridgehead atoms. The van der Waals surface area contributed by atoms with Crippen molar-refractivity contribution in [3.05, 3.63) is 12.4 Å². The molecule has 0 aromatic rings. The number of aliphatic carboxylic acids is 1. The van der Waals surface area contributed by atoms with E-state index in [9.17, 15) is 18.3 Å². The van der Waals surface area contributed by atoms with Crippen LogP contribution in [0.5, 0.6) is 0 Å². The van der Waals surface area contributed by atoms with Gasteiger partial charge in [0.1, 0.15) is 18.8 Å². The number of hydrogen-bond acceptors (Lipinski definition) is 6. The summed E-state index contributed by atoms with van der Waals surface area (Å²) in [6, 6.07) is 0. The summed E-state index contributed by atoms with van der Waals surface area (Å²) in [6.45, 7) is 4.80. The summed E-state index contributed by atoms with van der Waals surface area (Å²) < 4.78 is 32.1. The molecule has 136 valence electrons. The number of rotatable bonds is 9. The van der Waals surface area contributed by atoms with Gasteiger partial charge in [-0.15, -0.1) is 0 Å². The quantitative estimate of drug-likeness (QED) is 0.297. The maximum Gasteiger partial charge on any atom is 0.309 e. The zero-order chi connectivity index (χ0) is 18.1. The van der Waals surface area contributed by atoms with Crippen LogP contribution >= 0.6 is 0 Å². The van der Waals surface area contributed by atoms with Crippen molar-refractivity contribution in [1.82, 2.24) is 9.62 Å². The molecule has 3 saturated carbocycles. The van der Waals surface area contributed by atoms with Crippen LogP contribution < -0.4 is 4.72 Å². The van der Waals surface area contributed by atoms with Gasteiger partial charge in [-0.25, -0.2) is 13.4 Å². The molecule has 3 aliphatic carbocycles. The minimum Gasteiger partial charge on any atom is -0.481 e. The highest BCUT2D eigenvalue weighted by Gasteiger charge is 2.64. The van der Waals surface area contributed by atoms with Gasteiger partial charge in [0.15, 0.2) is 0 Å². The Bertz CT molecular complexity index is 641. The fraction of sp³-hybridized carbons (Fsp3) is 0.714. The van der Waals surface area contributed by atoms with E-state index in [1.165, 1.54) is 11.2 Å². The van der Waals surface area contributed by atoms with Gasteiger partial charge < -0.3 is 19.8 Å². The molecule has 3 N–H and O–H groups in total. The number of aliphatic hydroxyl groups excluding tert-OH is 1. The molecule has 0 radical (unpaired) electrons. The lowest BCUT2D eigenvalue weighted by molar-refractivity contribution is -0.153. The Labute approximate surface area is 141 Å². The first-order chi connectivity index (χ1) is 11.1. The fourth-order valence-corrected chi connectivity index (χ4v) is 5.07. The monoisotopic (exact) mass is 361 g/mol. The van der Waals surface area contributed by atoms with Crippen LogP contribution in [-0.4, -0.2) is 61.2 Å². The number of fused-ring (bicyclic) bond motifs is 1. The Balaban J connectivity index is 1.93. The van der Waals surface area contributed by atoms with E-state index in [1.807, 2.05) is 0 Å². The number of ether oxygens (including phenoxy) is 1. The van der Waals surface area contributed by atoms with Crippen molar-refractivity contribution in [2.45, 2.75) is 37.7 Å². The highest BCUT2D eigenvalue weighted by molar-refractivity contribution is 7.90. The normalized spacial score (nSPS) is 30.0. The highest BCUT2D eigenvalue weighted by atomic mass is 32.2. The molecule has 10 heteroatoms. The van der Waals surface area contributed by atoms with Gasteiger partial charge in [0, 0.05) is 7.05 Å². The van der Waals surface area contributed by atoms with Gasteiger partial charge in [0.05, 0.1) is 17.0 Å². The van der Waals surface area contributed by atoms with Gasteiger partial charge in [0.25, 0.3) is 0 Å². The van der Waals surface area contributed by atoms with E-state index in [2.05, 4.69) is 16.3 Å². The number of carbonyl (C=O) groups is 1. The molecule has 0 amide bonds. The SMILES string of the molecule is C=C(/N=C\N(C)C(C)OCO)NS(=O)(=O)[C@@H]1CC2(C(=O)O)CC1C2. The molecule has 1 unspecified atom stereocenters. The summed E-state index contributed by atoms with van der Waals surface area (Å²) in [5, 5.41) is 17.2. The van der Waals surface area contributed by atoms with Crippen molar-refractivity contribution in [2.75, 3.05) is 13.8 Å². The van der Waals surface area contributed by atoms with Crippen molar-refractivity contribution in [1.29, 1.82) is 0 Å². The van der Waals surface area contributed by atoms with E-state index < -0.39 is 39.7 Å².